The predicted octanol–water partition coefficient (Wildman–Crippen LogP) is 5.98. The lowest BCUT2D eigenvalue weighted by Crippen LogP contribution is -2.25. The average molecular weight is 606 g/mol. The average Bonchev–Trinajstić information content (AvgIpc) is 3.80. The first-order chi connectivity index (χ1) is 22.0. The minimum absolute atomic E-state index is 0.0600. The number of carbonyl (C=O) groups is 1. The summed E-state index contributed by atoms with van der Waals surface area (Å²) in [5.74, 6) is 0.483. The molecule has 0 saturated carbocycles. The van der Waals surface area contributed by atoms with E-state index in [2.05, 4.69) is 35.4 Å². The van der Waals surface area contributed by atoms with Gasteiger partial charge in [-0.05, 0) is 68.8 Å². The molecule has 6 heterocycles. The summed E-state index contributed by atoms with van der Waals surface area (Å²) in [6.45, 7) is 5.42. The molecule has 1 fully saturated rings. The zero-order valence-corrected chi connectivity index (χ0v) is 24.8. The van der Waals surface area contributed by atoms with Gasteiger partial charge in [-0.1, -0.05) is 6.92 Å². The molecule has 1 aliphatic rings. The Morgan fingerprint density at radius 1 is 1.00 bits per heavy atom. The zero-order valence-electron chi connectivity index (χ0n) is 24.8. The molecule has 1 amide bonds. The minimum atomic E-state index is -0.406. The van der Waals surface area contributed by atoms with Crippen molar-refractivity contribution in [3.05, 3.63) is 66.9 Å². The van der Waals surface area contributed by atoms with Crippen LogP contribution < -0.4 is 10.1 Å². The maximum Gasteiger partial charge on any atom is 0.224 e. The molecule has 0 unspecified atom stereocenters. The smallest absolute Gasteiger partial charge is 0.224 e. The molecule has 3 N–H and O–H groups in total. The van der Waals surface area contributed by atoms with Gasteiger partial charge < -0.3 is 15.0 Å². The number of likely N-dealkylation sites (tertiary alicyclic amines) is 1. The first-order valence-electron chi connectivity index (χ1n) is 15.2. The maximum absolute atomic E-state index is 14.8. The highest BCUT2D eigenvalue weighted by atomic mass is 19.1. The van der Waals surface area contributed by atoms with E-state index in [1.165, 1.54) is 25.0 Å². The summed E-state index contributed by atoms with van der Waals surface area (Å²) in [5.41, 5.74) is 6.29. The van der Waals surface area contributed by atoms with E-state index in [0.29, 0.717) is 64.0 Å². The number of hydrogen-bond acceptors (Lipinski definition) is 8. The summed E-state index contributed by atoms with van der Waals surface area (Å²) in [5, 5.41) is 10.4. The fourth-order valence-corrected chi connectivity index (χ4v) is 5.66. The number of nitrogens with zero attached hydrogens (tertiary/aromatic N) is 6. The van der Waals surface area contributed by atoms with Crippen LogP contribution in [0.4, 0.5) is 10.1 Å². The highest BCUT2D eigenvalue weighted by Gasteiger charge is 2.19. The maximum atomic E-state index is 14.8. The number of fused-ring (bicyclic) bond motifs is 2. The molecule has 11 nitrogen and oxygen atoms in total. The van der Waals surface area contributed by atoms with Gasteiger partial charge in [-0.3, -0.25) is 24.8 Å². The lowest BCUT2D eigenvalue weighted by atomic mass is 10.1. The molecule has 1 aliphatic heterocycles. The second-order valence-corrected chi connectivity index (χ2v) is 11.1. The number of imidazole rings is 1. The van der Waals surface area contributed by atoms with Crippen LogP contribution in [0.25, 0.3) is 56.1 Å². The van der Waals surface area contributed by atoms with E-state index in [1.54, 1.807) is 24.7 Å². The third-order valence-corrected chi connectivity index (χ3v) is 7.85. The number of anilines is 1. The fourth-order valence-electron chi connectivity index (χ4n) is 5.66. The largest absolute Gasteiger partial charge is 0.492 e. The molecule has 7 rings (SSSR count). The van der Waals surface area contributed by atoms with Crippen LogP contribution in [-0.2, 0) is 4.79 Å². The van der Waals surface area contributed by atoms with E-state index in [1.807, 2.05) is 31.2 Å². The molecular weight excluding hydrogens is 573 g/mol. The van der Waals surface area contributed by atoms with Gasteiger partial charge in [0, 0.05) is 42.6 Å². The topological polar surface area (TPSA) is 138 Å². The van der Waals surface area contributed by atoms with E-state index in [9.17, 15) is 9.18 Å². The number of aromatic amines is 2. The number of rotatable bonds is 10. The third kappa shape index (κ3) is 6.09. The number of hydrogen-bond donors (Lipinski definition) is 3. The molecular formula is C33H32FN9O2. The normalized spacial score (nSPS) is 13.6. The van der Waals surface area contributed by atoms with Gasteiger partial charge in [-0.25, -0.2) is 14.4 Å². The Hall–Kier alpha value is -5.23. The van der Waals surface area contributed by atoms with Crippen molar-refractivity contribution in [3.8, 4) is 39.8 Å². The van der Waals surface area contributed by atoms with Crippen LogP contribution in [0.1, 0.15) is 32.6 Å². The lowest BCUT2D eigenvalue weighted by molar-refractivity contribution is -0.116. The molecule has 45 heavy (non-hydrogen) atoms. The van der Waals surface area contributed by atoms with E-state index in [4.69, 9.17) is 14.7 Å². The first-order valence-corrected chi connectivity index (χ1v) is 15.2. The van der Waals surface area contributed by atoms with E-state index >= 15 is 0 Å². The second kappa shape index (κ2) is 12.4. The number of aromatic nitrogens is 7. The molecule has 0 radical (unpaired) electrons. The number of nitrogens with one attached hydrogen (secondary N) is 3. The minimum Gasteiger partial charge on any atom is -0.492 e. The Balaban J connectivity index is 1.19. The van der Waals surface area contributed by atoms with Crippen molar-refractivity contribution in [1.29, 1.82) is 0 Å². The van der Waals surface area contributed by atoms with Crippen molar-refractivity contribution < 1.29 is 13.9 Å². The number of halogens is 1. The van der Waals surface area contributed by atoms with E-state index in [0.717, 1.165) is 42.7 Å². The van der Waals surface area contributed by atoms with Crippen molar-refractivity contribution in [2.45, 2.75) is 32.6 Å². The summed E-state index contributed by atoms with van der Waals surface area (Å²) < 4.78 is 20.7. The third-order valence-electron chi connectivity index (χ3n) is 7.85. The van der Waals surface area contributed by atoms with Crippen LogP contribution in [0.2, 0.25) is 0 Å². The van der Waals surface area contributed by atoms with Crippen LogP contribution >= 0.6 is 0 Å². The molecule has 0 spiro atoms. The lowest BCUT2D eigenvalue weighted by Gasteiger charge is -2.15. The zero-order chi connectivity index (χ0) is 30.8. The SMILES string of the molecule is CCCC(=O)Nc1cncc(-c2ccc3[nH]nc(-c4nc5c(-c6cc(F)cc(OCCN7CCCC7)c6)nccc5[nH]4)c3n2)c1. The number of amides is 1. The van der Waals surface area contributed by atoms with Crippen molar-refractivity contribution in [1.82, 2.24) is 40.0 Å². The summed E-state index contributed by atoms with van der Waals surface area (Å²) >= 11 is 0. The van der Waals surface area contributed by atoms with Gasteiger partial charge >= 0.3 is 0 Å². The van der Waals surface area contributed by atoms with Crippen molar-refractivity contribution in [3.63, 3.8) is 0 Å². The van der Waals surface area contributed by atoms with Gasteiger partial charge in [-0.2, -0.15) is 5.10 Å². The van der Waals surface area contributed by atoms with Crippen LogP contribution in [0, 0.1) is 5.82 Å². The predicted molar refractivity (Wildman–Crippen MR) is 170 cm³/mol. The highest BCUT2D eigenvalue weighted by molar-refractivity contribution is 5.95. The number of ether oxygens (including phenoxy) is 1. The summed E-state index contributed by atoms with van der Waals surface area (Å²) in [4.78, 5) is 36.4. The Morgan fingerprint density at radius 2 is 1.87 bits per heavy atom. The van der Waals surface area contributed by atoms with Crippen LogP contribution in [-0.4, -0.2) is 72.2 Å². The molecule has 5 aromatic heterocycles. The Morgan fingerprint density at radius 3 is 2.73 bits per heavy atom. The Labute approximate surface area is 258 Å². The van der Waals surface area contributed by atoms with Crippen molar-refractivity contribution in [2.24, 2.45) is 0 Å². The van der Waals surface area contributed by atoms with Gasteiger partial charge in [-0.15, -0.1) is 0 Å². The molecule has 6 aromatic rings. The molecule has 228 valence electrons. The first kappa shape index (κ1) is 28.5. The molecule has 0 atom stereocenters. The van der Waals surface area contributed by atoms with Crippen LogP contribution in [0.3, 0.4) is 0 Å². The van der Waals surface area contributed by atoms with Gasteiger partial charge in [0.2, 0.25) is 5.91 Å². The number of carbonyl (C=O) groups excluding carboxylic acids is 1. The molecule has 1 saturated heterocycles. The van der Waals surface area contributed by atoms with Crippen LogP contribution in [0.15, 0.2) is 61.1 Å². The highest BCUT2D eigenvalue weighted by Crippen LogP contribution is 2.32. The van der Waals surface area contributed by atoms with Crippen LogP contribution in [0.5, 0.6) is 5.75 Å². The number of pyridine rings is 3. The van der Waals surface area contributed by atoms with Crippen molar-refractivity contribution >= 4 is 33.7 Å². The summed E-state index contributed by atoms with van der Waals surface area (Å²) in [6, 6.07) is 12.1. The van der Waals surface area contributed by atoms with E-state index in [-0.39, 0.29) is 5.91 Å². The monoisotopic (exact) mass is 605 g/mol. The molecule has 0 aliphatic carbocycles. The van der Waals surface area contributed by atoms with E-state index < -0.39 is 5.82 Å². The van der Waals surface area contributed by atoms with Gasteiger partial charge in [0.15, 0.2) is 11.5 Å². The molecule has 0 bridgehead atoms. The molecule has 12 heteroatoms. The Bertz CT molecular complexity index is 2000. The standard InChI is InChI=1S/C33H32FN9O2/c1-2-5-28(44)37-23-15-21(18-35-19-23)25-6-7-27-31(38-25)32(42-41-27)33-39-26-8-9-36-29(30(26)40-33)20-14-22(34)17-24(16-20)45-13-12-43-10-3-4-11-43/h6-9,14-19H,2-5,10-13H2,1H3,(H,37,44)(H,39,40)(H,41,42). The number of benzene rings is 1. The summed E-state index contributed by atoms with van der Waals surface area (Å²) in [6.07, 6.45) is 8.60. The molecule has 1 aromatic carbocycles. The van der Waals surface area contributed by atoms with Crippen molar-refractivity contribution in [2.75, 3.05) is 31.6 Å². The van der Waals surface area contributed by atoms with Gasteiger partial charge in [0.05, 0.1) is 34.3 Å². The quantitative estimate of drug-likeness (QED) is 0.174. The van der Waals surface area contributed by atoms with Gasteiger partial charge in [0.25, 0.3) is 0 Å². The summed E-state index contributed by atoms with van der Waals surface area (Å²) in [7, 11) is 0. The van der Waals surface area contributed by atoms with Gasteiger partial charge in [0.1, 0.15) is 29.2 Å². The number of H-pyrrole nitrogens is 2. The fraction of sp³-hybridized carbons (Fsp3) is 0.273. The second-order valence-electron chi connectivity index (χ2n) is 11.1. The Kier molecular flexibility index (Phi) is 7.87.